The molecule has 0 bridgehead atoms. The van der Waals surface area contributed by atoms with Crippen molar-refractivity contribution in [2.24, 2.45) is 0 Å². The molecule has 0 N–H and O–H groups in total. The van der Waals surface area contributed by atoms with E-state index in [1.54, 1.807) is 0 Å². The zero-order valence-electron chi connectivity index (χ0n) is 13.2. The van der Waals surface area contributed by atoms with Gasteiger partial charge in [-0.3, -0.25) is 9.59 Å². The number of Topliss-reactive ketones (excluding diaryl/α,β-unsaturated/α-hetero) is 1. The highest BCUT2D eigenvalue weighted by Crippen LogP contribution is 2.32. The van der Waals surface area contributed by atoms with E-state index in [9.17, 15) is 9.59 Å². The Morgan fingerprint density at radius 3 is 2.46 bits per heavy atom. The zero-order chi connectivity index (χ0) is 17.1. The van der Waals surface area contributed by atoms with Gasteiger partial charge in [0.2, 0.25) is 0 Å². The summed E-state index contributed by atoms with van der Waals surface area (Å²) in [5.41, 5.74) is 1.29. The average molecular weight is 365 g/mol. The maximum atomic E-state index is 12.4. The van der Waals surface area contributed by atoms with Gasteiger partial charge in [0.15, 0.2) is 5.78 Å². The van der Waals surface area contributed by atoms with E-state index in [1.807, 2.05) is 24.3 Å². The first kappa shape index (κ1) is 17.2. The van der Waals surface area contributed by atoms with Crippen LogP contribution in [0.2, 0.25) is 10.0 Å². The first-order valence-electron chi connectivity index (χ1n) is 8.10. The summed E-state index contributed by atoms with van der Waals surface area (Å²) in [5, 5.41) is 3.83. The average Bonchev–Trinajstić information content (AvgIpc) is 2.63. The quantitative estimate of drug-likeness (QED) is 0.751. The smallest absolute Gasteiger partial charge is 0.287 e. The molecule has 0 spiro atoms. The summed E-state index contributed by atoms with van der Waals surface area (Å²) in [6.45, 7) is -0.154. The van der Waals surface area contributed by atoms with Crippen LogP contribution in [0, 0.1) is 0 Å². The van der Waals surface area contributed by atoms with Gasteiger partial charge >= 0.3 is 0 Å². The molecule has 0 saturated heterocycles. The molecule has 1 aromatic carbocycles. The van der Waals surface area contributed by atoms with Crippen molar-refractivity contribution in [2.45, 2.75) is 44.6 Å². The molecule has 1 saturated carbocycles. The Balaban J connectivity index is 1.73. The summed E-state index contributed by atoms with van der Waals surface area (Å²) in [5.74, 6) is 0.417. The third kappa shape index (κ3) is 3.70. The van der Waals surface area contributed by atoms with Crippen molar-refractivity contribution in [3.05, 3.63) is 62.0 Å². The fourth-order valence-electron chi connectivity index (χ4n) is 3.16. The van der Waals surface area contributed by atoms with E-state index in [4.69, 9.17) is 23.2 Å². The molecule has 0 aliphatic heterocycles. The first-order valence-corrected chi connectivity index (χ1v) is 8.86. The minimum Gasteiger partial charge on any atom is -0.292 e. The number of carbonyl (C=O) groups excluding carboxylic acids is 1. The Hall–Kier alpha value is -1.65. The number of hydrogen-bond acceptors (Lipinski definition) is 3. The molecule has 1 fully saturated rings. The van der Waals surface area contributed by atoms with Gasteiger partial charge in [0.1, 0.15) is 11.6 Å². The molecule has 2 aromatic rings. The van der Waals surface area contributed by atoms with E-state index in [0.717, 1.165) is 4.68 Å². The lowest BCUT2D eigenvalue weighted by molar-refractivity contribution is 0.0965. The monoisotopic (exact) mass is 364 g/mol. The van der Waals surface area contributed by atoms with Crippen LogP contribution in [0.3, 0.4) is 0 Å². The molecule has 6 heteroatoms. The zero-order valence-corrected chi connectivity index (χ0v) is 14.7. The largest absolute Gasteiger partial charge is 0.292 e. The SMILES string of the molecule is O=C(Cn1ncc(Cl)c(Cl)c1=O)c1ccc(C2CCCCC2)cc1. The highest BCUT2D eigenvalue weighted by atomic mass is 35.5. The fraction of sp³-hybridized carbons (Fsp3) is 0.389. The third-order valence-corrected chi connectivity index (χ3v) is 5.29. The second kappa shape index (κ2) is 7.49. The maximum Gasteiger partial charge on any atom is 0.287 e. The van der Waals surface area contributed by atoms with Crippen LogP contribution in [0.5, 0.6) is 0 Å². The Labute approximate surface area is 150 Å². The fourth-order valence-corrected chi connectivity index (χ4v) is 3.43. The summed E-state index contributed by atoms with van der Waals surface area (Å²) < 4.78 is 1.03. The van der Waals surface area contributed by atoms with Crippen molar-refractivity contribution in [3.8, 4) is 0 Å². The van der Waals surface area contributed by atoms with Gasteiger partial charge in [0.05, 0.1) is 11.2 Å². The molecule has 1 heterocycles. The van der Waals surface area contributed by atoms with Crippen LogP contribution in [0.1, 0.15) is 53.9 Å². The number of aromatic nitrogens is 2. The van der Waals surface area contributed by atoms with Crippen molar-refractivity contribution < 1.29 is 4.79 Å². The van der Waals surface area contributed by atoms with E-state index >= 15 is 0 Å². The minimum atomic E-state index is -0.559. The number of halogens is 2. The molecular weight excluding hydrogens is 347 g/mol. The van der Waals surface area contributed by atoms with Gasteiger partial charge in [-0.15, -0.1) is 0 Å². The van der Waals surface area contributed by atoms with E-state index in [1.165, 1.54) is 43.9 Å². The molecule has 24 heavy (non-hydrogen) atoms. The van der Waals surface area contributed by atoms with Crippen molar-refractivity contribution in [1.29, 1.82) is 0 Å². The molecule has 126 valence electrons. The Morgan fingerprint density at radius 1 is 1.12 bits per heavy atom. The van der Waals surface area contributed by atoms with Crippen molar-refractivity contribution in [3.63, 3.8) is 0 Å². The molecule has 0 amide bonds. The van der Waals surface area contributed by atoms with Crippen molar-refractivity contribution in [1.82, 2.24) is 9.78 Å². The van der Waals surface area contributed by atoms with Gasteiger partial charge in [0.25, 0.3) is 5.56 Å². The van der Waals surface area contributed by atoms with Crippen molar-refractivity contribution in [2.75, 3.05) is 0 Å². The molecule has 1 aliphatic rings. The van der Waals surface area contributed by atoms with Gasteiger partial charge in [-0.25, -0.2) is 4.68 Å². The van der Waals surface area contributed by atoms with Crippen LogP contribution in [0.25, 0.3) is 0 Å². The van der Waals surface area contributed by atoms with Crippen LogP contribution < -0.4 is 5.56 Å². The van der Waals surface area contributed by atoms with E-state index in [0.29, 0.717) is 11.5 Å². The number of nitrogens with zero attached hydrogens (tertiary/aromatic N) is 2. The van der Waals surface area contributed by atoms with Gasteiger partial charge in [-0.1, -0.05) is 66.7 Å². The lowest BCUT2D eigenvalue weighted by atomic mass is 9.84. The molecule has 0 atom stereocenters. The van der Waals surface area contributed by atoms with E-state index < -0.39 is 5.56 Å². The maximum absolute atomic E-state index is 12.4. The molecule has 0 radical (unpaired) electrons. The summed E-state index contributed by atoms with van der Waals surface area (Å²) in [6.07, 6.45) is 7.57. The summed E-state index contributed by atoms with van der Waals surface area (Å²) in [4.78, 5) is 24.3. The molecule has 3 rings (SSSR count). The summed E-state index contributed by atoms with van der Waals surface area (Å²) in [7, 11) is 0. The highest BCUT2D eigenvalue weighted by molar-refractivity contribution is 6.41. The summed E-state index contributed by atoms with van der Waals surface area (Å²) in [6, 6.07) is 7.70. The predicted octanol–water partition coefficient (Wildman–Crippen LogP) is 4.48. The lowest BCUT2D eigenvalue weighted by Gasteiger charge is -2.22. The van der Waals surface area contributed by atoms with E-state index in [-0.39, 0.29) is 22.4 Å². The number of ketones is 1. The molecular formula is C18H18Cl2N2O2. The second-order valence-electron chi connectivity index (χ2n) is 6.15. The Kier molecular flexibility index (Phi) is 5.36. The number of rotatable bonds is 4. The van der Waals surface area contributed by atoms with Crippen LogP contribution in [-0.4, -0.2) is 15.6 Å². The molecule has 4 nitrogen and oxygen atoms in total. The van der Waals surface area contributed by atoms with Gasteiger partial charge in [-0.05, 0) is 24.3 Å². The topological polar surface area (TPSA) is 52.0 Å². The van der Waals surface area contributed by atoms with Gasteiger partial charge < -0.3 is 0 Å². The second-order valence-corrected chi connectivity index (χ2v) is 6.93. The van der Waals surface area contributed by atoms with Crippen LogP contribution in [0.4, 0.5) is 0 Å². The van der Waals surface area contributed by atoms with Crippen LogP contribution >= 0.6 is 23.2 Å². The van der Waals surface area contributed by atoms with Crippen LogP contribution in [0.15, 0.2) is 35.3 Å². The number of carbonyl (C=O) groups is 1. The standard InChI is InChI=1S/C18H18Cl2N2O2/c19-15-10-21-22(18(24)17(15)20)11-16(23)14-8-6-13(7-9-14)12-4-2-1-3-5-12/h6-10,12H,1-5,11H2. The predicted molar refractivity (Wildman–Crippen MR) is 95.1 cm³/mol. The van der Waals surface area contributed by atoms with Gasteiger partial charge in [-0.2, -0.15) is 5.10 Å². The molecule has 1 aliphatic carbocycles. The number of hydrogen-bond donors (Lipinski definition) is 0. The Morgan fingerprint density at radius 2 is 1.79 bits per heavy atom. The van der Waals surface area contributed by atoms with Gasteiger partial charge in [0, 0.05) is 5.56 Å². The minimum absolute atomic E-state index is 0.0854. The first-order chi connectivity index (χ1) is 11.6. The Bertz CT molecular complexity index is 794. The number of benzene rings is 1. The lowest BCUT2D eigenvalue weighted by Crippen LogP contribution is -2.27. The normalized spacial score (nSPS) is 15.4. The summed E-state index contributed by atoms with van der Waals surface area (Å²) >= 11 is 11.5. The molecule has 0 unspecified atom stereocenters. The van der Waals surface area contributed by atoms with E-state index in [2.05, 4.69) is 5.10 Å². The third-order valence-electron chi connectivity index (χ3n) is 4.54. The van der Waals surface area contributed by atoms with Crippen molar-refractivity contribution >= 4 is 29.0 Å². The highest BCUT2D eigenvalue weighted by Gasteiger charge is 2.16. The molecule has 1 aromatic heterocycles. The van der Waals surface area contributed by atoms with Crippen LogP contribution in [-0.2, 0) is 6.54 Å².